The van der Waals surface area contributed by atoms with Gasteiger partial charge in [0.15, 0.2) is 0 Å². The molecule has 0 radical (unpaired) electrons. The molecule has 0 spiro atoms. The van der Waals surface area contributed by atoms with Gasteiger partial charge in [-0.2, -0.15) is 5.26 Å². The third-order valence-corrected chi connectivity index (χ3v) is 3.63. The molecule has 0 heterocycles. The number of nitrogens with zero attached hydrogens (tertiary/aromatic N) is 1. The smallest absolute Gasteiger partial charge is 0.308 e. The maximum atomic E-state index is 11.5. The molecule has 0 bridgehead atoms. The monoisotopic (exact) mass is 256 g/mol. The maximum Gasteiger partial charge on any atom is 0.308 e. The van der Waals surface area contributed by atoms with E-state index in [0.717, 1.165) is 19.3 Å². The lowest BCUT2D eigenvalue weighted by molar-refractivity contribution is -0.144. The van der Waals surface area contributed by atoms with Crippen LogP contribution >= 0.6 is 11.8 Å². The molecule has 1 aliphatic carbocycles. The van der Waals surface area contributed by atoms with Crippen molar-refractivity contribution in [1.29, 1.82) is 5.26 Å². The topological polar surface area (TPSA) is 90.2 Å². The summed E-state index contributed by atoms with van der Waals surface area (Å²) in [6, 6.07) is 1.69. The average Bonchev–Trinajstić information content (AvgIpc) is 2.29. The zero-order chi connectivity index (χ0) is 12.7. The first-order valence-electron chi connectivity index (χ1n) is 5.62. The van der Waals surface area contributed by atoms with Gasteiger partial charge >= 0.3 is 5.97 Å². The lowest BCUT2D eigenvalue weighted by atomic mass is 9.84. The Balaban J connectivity index is 2.39. The zero-order valence-corrected chi connectivity index (χ0v) is 10.3. The predicted molar refractivity (Wildman–Crippen MR) is 64.5 cm³/mol. The summed E-state index contributed by atoms with van der Waals surface area (Å²) in [5, 5.41) is 20.1. The molecule has 1 rings (SSSR count). The first-order valence-corrected chi connectivity index (χ1v) is 6.77. The highest BCUT2D eigenvalue weighted by atomic mass is 32.2. The second kappa shape index (κ2) is 7.17. The summed E-state index contributed by atoms with van der Waals surface area (Å²) >= 11 is 1.24. The Bertz CT molecular complexity index is 327. The minimum Gasteiger partial charge on any atom is -0.481 e. The number of nitriles is 1. The molecule has 2 atom stereocenters. The molecular formula is C11H16N2O3S. The van der Waals surface area contributed by atoms with Crippen molar-refractivity contribution in [2.75, 3.05) is 11.5 Å². The molecule has 0 aromatic heterocycles. The number of carboxylic acid groups (broad SMARTS) is 1. The number of aliphatic carboxylic acids is 1. The largest absolute Gasteiger partial charge is 0.481 e. The lowest BCUT2D eigenvalue weighted by Crippen LogP contribution is -2.45. The normalized spacial score (nSPS) is 23.7. The van der Waals surface area contributed by atoms with Gasteiger partial charge in [0, 0.05) is 6.04 Å². The van der Waals surface area contributed by atoms with Crippen LogP contribution in [0.1, 0.15) is 25.7 Å². The fourth-order valence-corrected chi connectivity index (χ4v) is 2.50. The second-order valence-corrected chi connectivity index (χ2v) is 5.04. The summed E-state index contributed by atoms with van der Waals surface area (Å²) in [6.45, 7) is 0. The fourth-order valence-electron chi connectivity index (χ4n) is 2.04. The third-order valence-electron chi connectivity index (χ3n) is 2.83. The highest BCUT2D eigenvalue weighted by Gasteiger charge is 2.31. The number of amides is 1. The van der Waals surface area contributed by atoms with Crippen LogP contribution in [0.4, 0.5) is 0 Å². The molecule has 2 N–H and O–H groups in total. The lowest BCUT2D eigenvalue weighted by Gasteiger charge is -2.29. The van der Waals surface area contributed by atoms with Gasteiger partial charge in [-0.05, 0) is 12.8 Å². The quantitative estimate of drug-likeness (QED) is 0.716. The SMILES string of the molecule is N#CCSCC(=O)NC1CCCCC1C(=O)O. The van der Waals surface area contributed by atoms with Crippen LogP contribution in [0.3, 0.4) is 0 Å². The van der Waals surface area contributed by atoms with E-state index >= 15 is 0 Å². The van der Waals surface area contributed by atoms with Gasteiger partial charge in [-0.3, -0.25) is 9.59 Å². The van der Waals surface area contributed by atoms with Crippen molar-refractivity contribution in [3.63, 3.8) is 0 Å². The molecule has 0 saturated heterocycles. The number of rotatable bonds is 5. The van der Waals surface area contributed by atoms with E-state index in [1.165, 1.54) is 11.8 Å². The van der Waals surface area contributed by atoms with E-state index in [4.69, 9.17) is 10.4 Å². The Hall–Kier alpha value is -1.22. The first-order chi connectivity index (χ1) is 8.15. The minimum absolute atomic E-state index is 0.177. The summed E-state index contributed by atoms with van der Waals surface area (Å²) in [7, 11) is 0. The average molecular weight is 256 g/mol. The van der Waals surface area contributed by atoms with Crippen LogP contribution < -0.4 is 5.32 Å². The van der Waals surface area contributed by atoms with Crippen LogP contribution in [-0.2, 0) is 9.59 Å². The van der Waals surface area contributed by atoms with Gasteiger partial charge in [-0.15, -0.1) is 11.8 Å². The summed E-state index contributed by atoms with van der Waals surface area (Å²) in [4.78, 5) is 22.5. The van der Waals surface area contributed by atoms with Gasteiger partial charge < -0.3 is 10.4 Å². The van der Waals surface area contributed by atoms with E-state index in [0.29, 0.717) is 6.42 Å². The third kappa shape index (κ3) is 4.65. The highest BCUT2D eigenvalue weighted by Crippen LogP contribution is 2.24. The molecule has 1 fully saturated rings. The number of carbonyl (C=O) groups excluding carboxylic acids is 1. The van der Waals surface area contributed by atoms with Crippen LogP contribution in [0.5, 0.6) is 0 Å². The van der Waals surface area contributed by atoms with Crippen LogP contribution in [0, 0.1) is 17.2 Å². The van der Waals surface area contributed by atoms with Gasteiger partial charge in [0.2, 0.25) is 5.91 Å². The van der Waals surface area contributed by atoms with Crippen molar-refractivity contribution in [2.24, 2.45) is 5.92 Å². The Morgan fingerprint density at radius 2 is 2.12 bits per heavy atom. The minimum atomic E-state index is -0.834. The molecular weight excluding hydrogens is 240 g/mol. The molecule has 17 heavy (non-hydrogen) atoms. The number of carboxylic acids is 1. The first kappa shape index (κ1) is 13.8. The van der Waals surface area contributed by atoms with Crippen LogP contribution in [-0.4, -0.2) is 34.5 Å². The molecule has 1 saturated carbocycles. The van der Waals surface area contributed by atoms with E-state index in [-0.39, 0.29) is 23.5 Å². The number of thioether (sulfide) groups is 1. The Labute approximate surface area is 105 Å². The van der Waals surface area contributed by atoms with E-state index in [2.05, 4.69) is 5.32 Å². The molecule has 0 aromatic carbocycles. The van der Waals surface area contributed by atoms with Crippen molar-refractivity contribution in [1.82, 2.24) is 5.32 Å². The van der Waals surface area contributed by atoms with Crippen molar-refractivity contribution in [2.45, 2.75) is 31.7 Å². The summed E-state index contributed by atoms with van der Waals surface area (Å²) in [5.74, 6) is -0.978. The number of hydrogen-bond donors (Lipinski definition) is 2. The molecule has 0 aliphatic heterocycles. The van der Waals surface area contributed by atoms with Gasteiger partial charge in [-0.25, -0.2) is 0 Å². The predicted octanol–water partition coefficient (Wildman–Crippen LogP) is 1.00. The zero-order valence-electron chi connectivity index (χ0n) is 9.52. The standard InChI is InChI=1S/C11H16N2O3S/c12-5-6-17-7-10(14)13-9-4-2-1-3-8(9)11(15)16/h8-9H,1-4,6-7H2,(H,13,14)(H,15,16). The van der Waals surface area contributed by atoms with Gasteiger partial charge in [-0.1, -0.05) is 12.8 Å². The number of carbonyl (C=O) groups is 2. The number of hydrogen-bond acceptors (Lipinski definition) is 4. The molecule has 94 valence electrons. The van der Waals surface area contributed by atoms with Crippen LogP contribution in [0.2, 0.25) is 0 Å². The van der Waals surface area contributed by atoms with Crippen LogP contribution in [0.15, 0.2) is 0 Å². The Kier molecular flexibility index (Phi) is 5.84. The Morgan fingerprint density at radius 1 is 1.41 bits per heavy atom. The molecule has 5 nitrogen and oxygen atoms in total. The molecule has 6 heteroatoms. The fraction of sp³-hybridized carbons (Fsp3) is 0.727. The highest BCUT2D eigenvalue weighted by molar-refractivity contribution is 8.00. The van der Waals surface area contributed by atoms with Crippen molar-refractivity contribution in [3.8, 4) is 6.07 Å². The van der Waals surface area contributed by atoms with E-state index in [9.17, 15) is 9.59 Å². The van der Waals surface area contributed by atoms with Crippen molar-refractivity contribution < 1.29 is 14.7 Å². The van der Waals surface area contributed by atoms with Crippen LogP contribution in [0.25, 0.3) is 0 Å². The molecule has 1 amide bonds. The maximum absolute atomic E-state index is 11.5. The summed E-state index contributed by atoms with van der Waals surface area (Å²) < 4.78 is 0. The van der Waals surface area contributed by atoms with E-state index < -0.39 is 11.9 Å². The summed E-state index contributed by atoms with van der Waals surface area (Å²) in [6.07, 6.45) is 3.23. The van der Waals surface area contributed by atoms with Crippen molar-refractivity contribution >= 4 is 23.6 Å². The van der Waals surface area contributed by atoms with Gasteiger partial charge in [0.1, 0.15) is 0 Å². The summed E-state index contributed by atoms with van der Waals surface area (Å²) in [5.41, 5.74) is 0. The van der Waals surface area contributed by atoms with E-state index in [1.54, 1.807) is 0 Å². The molecule has 2 unspecified atom stereocenters. The van der Waals surface area contributed by atoms with E-state index in [1.807, 2.05) is 6.07 Å². The molecule has 0 aromatic rings. The van der Waals surface area contributed by atoms with Gasteiger partial charge in [0.05, 0.1) is 23.5 Å². The van der Waals surface area contributed by atoms with Crippen molar-refractivity contribution in [3.05, 3.63) is 0 Å². The van der Waals surface area contributed by atoms with Gasteiger partial charge in [0.25, 0.3) is 0 Å². The molecule has 1 aliphatic rings. The number of nitrogens with one attached hydrogen (secondary N) is 1. The second-order valence-electron chi connectivity index (χ2n) is 4.05. The Morgan fingerprint density at radius 3 is 2.76 bits per heavy atom.